The molecule has 0 unspecified atom stereocenters. The molecule has 0 aliphatic heterocycles. The Morgan fingerprint density at radius 2 is 1.93 bits per heavy atom. The van der Waals surface area contributed by atoms with Crippen molar-refractivity contribution >= 4 is 11.7 Å². The summed E-state index contributed by atoms with van der Waals surface area (Å²) in [5, 5.41) is 2.73. The number of carbonyl (C=O) groups excluding carboxylic acids is 2. The molecule has 0 saturated heterocycles. The second kappa shape index (κ2) is 10.2. The van der Waals surface area contributed by atoms with Crippen LogP contribution in [0.5, 0.6) is 5.88 Å². The summed E-state index contributed by atoms with van der Waals surface area (Å²) in [5.74, 6) is -0.511. The number of aromatic nitrogens is 2. The number of rotatable bonds is 9. The van der Waals surface area contributed by atoms with E-state index in [1.165, 1.54) is 12.4 Å². The standard InChI is InChI=1S/C21H24F3N3O3/c1-4-15-7-14(11-27-20(15)30-12-21(22,23)24)10-26-19(29)16-5-6-25-17(8-16)9-18(28)13(2)3/h5-8,11,13H,4,9-10,12H2,1-3H3,(H,26,29). The van der Waals surface area contributed by atoms with Crippen molar-refractivity contribution < 1.29 is 27.5 Å². The molecule has 6 nitrogen and oxygen atoms in total. The van der Waals surface area contributed by atoms with Crippen molar-refractivity contribution in [3.63, 3.8) is 0 Å². The van der Waals surface area contributed by atoms with Gasteiger partial charge in [0, 0.05) is 48.1 Å². The normalized spacial score (nSPS) is 11.4. The van der Waals surface area contributed by atoms with Gasteiger partial charge in [0.1, 0.15) is 5.78 Å². The maximum absolute atomic E-state index is 12.4. The van der Waals surface area contributed by atoms with Gasteiger partial charge in [-0.05, 0) is 30.2 Å². The van der Waals surface area contributed by atoms with Gasteiger partial charge < -0.3 is 10.1 Å². The smallest absolute Gasteiger partial charge is 0.422 e. The van der Waals surface area contributed by atoms with Gasteiger partial charge >= 0.3 is 6.18 Å². The first-order valence-electron chi connectivity index (χ1n) is 9.52. The number of nitrogens with zero attached hydrogens (tertiary/aromatic N) is 2. The van der Waals surface area contributed by atoms with Crippen molar-refractivity contribution in [3.05, 3.63) is 53.0 Å². The number of halogens is 3. The van der Waals surface area contributed by atoms with E-state index in [1.807, 2.05) is 0 Å². The number of ether oxygens (including phenoxy) is 1. The summed E-state index contributed by atoms with van der Waals surface area (Å²) in [4.78, 5) is 32.4. The van der Waals surface area contributed by atoms with Gasteiger partial charge in [-0.25, -0.2) is 4.98 Å². The molecule has 2 heterocycles. The molecule has 2 rings (SSSR count). The Morgan fingerprint density at radius 3 is 2.57 bits per heavy atom. The average Bonchev–Trinajstić information content (AvgIpc) is 2.70. The van der Waals surface area contributed by atoms with Crippen LogP contribution in [0.1, 0.15) is 48.0 Å². The van der Waals surface area contributed by atoms with Gasteiger partial charge in [-0.3, -0.25) is 14.6 Å². The maximum Gasteiger partial charge on any atom is 0.422 e. The molecule has 0 aliphatic rings. The van der Waals surface area contributed by atoms with Crippen LogP contribution in [0.4, 0.5) is 13.2 Å². The number of Topliss-reactive ketones (excluding diaryl/α,β-unsaturated/α-hetero) is 1. The first kappa shape index (κ1) is 23.3. The minimum absolute atomic E-state index is 0.0334. The molecule has 2 aromatic heterocycles. The summed E-state index contributed by atoms with van der Waals surface area (Å²) in [6, 6.07) is 4.76. The Morgan fingerprint density at radius 1 is 1.20 bits per heavy atom. The number of amides is 1. The predicted octanol–water partition coefficient (Wildman–Crippen LogP) is 3.68. The van der Waals surface area contributed by atoms with Gasteiger partial charge in [-0.2, -0.15) is 13.2 Å². The van der Waals surface area contributed by atoms with Gasteiger partial charge in [0.15, 0.2) is 6.61 Å². The number of alkyl halides is 3. The third-order valence-electron chi connectivity index (χ3n) is 4.27. The Labute approximate surface area is 172 Å². The Hall–Kier alpha value is -2.97. The number of hydrogen-bond donors (Lipinski definition) is 1. The highest BCUT2D eigenvalue weighted by Crippen LogP contribution is 2.21. The molecule has 162 valence electrons. The zero-order chi connectivity index (χ0) is 22.3. The zero-order valence-corrected chi connectivity index (χ0v) is 17.0. The van der Waals surface area contributed by atoms with E-state index in [0.717, 1.165) is 0 Å². The summed E-state index contributed by atoms with van der Waals surface area (Å²) in [6.45, 7) is 4.11. The van der Waals surface area contributed by atoms with Crippen molar-refractivity contribution in [1.82, 2.24) is 15.3 Å². The lowest BCUT2D eigenvalue weighted by molar-refractivity contribution is -0.154. The van der Waals surface area contributed by atoms with Gasteiger partial charge in [0.2, 0.25) is 5.88 Å². The summed E-state index contributed by atoms with van der Waals surface area (Å²) in [6.07, 6.45) is -1.02. The number of carbonyl (C=O) groups is 2. The lowest BCUT2D eigenvalue weighted by Crippen LogP contribution is -2.24. The lowest BCUT2D eigenvalue weighted by Gasteiger charge is -2.13. The summed E-state index contributed by atoms with van der Waals surface area (Å²) >= 11 is 0. The molecule has 0 saturated carbocycles. The minimum atomic E-state index is -4.44. The highest BCUT2D eigenvalue weighted by molar-refractivity contribution is 5.94. The van der Waals surface area contributed by atoms with E-state index in [1.54, 1.807) is 39.0 Å². The van der Waals surface area contributed by atoms with Gasteiger partial charge in [-0.1, -0.05) is 20.8 Å². The molecule has 0 spiro atoms. The highest BCUT2D eigenvalue weighted by atomic mass is 19.4. The first-order chi connectivity index (χ1) is 14.1. The van der Waals surface area contributed by atoms with Gasteiger partial charge in [0.25, 0.3) is 5.91 Å². The molecule has 0 atom stereocenters. The van der Waals surface area contributed by atoms with Crippen LogP contribution in [-0.2, 0) is 24.2 Å². The van der Waals surface area contributed by atoms with Crippen LogP contribution in [0, 0.1) is 5.92 Å². The number of ketones is 1. The molecule has 0 aliphatic carbocycles. The molecule has 1 amide bonds. The van der Waals surface area contributed by atoms with E-state index in [9.17, 15) is 22.8 Å². The summed E-state index contributed by atoms with van der Waals surface area (Å²) in [7, 11) is 0. The van der Waals surface area contributed by atoms with Crippen LogP contribution in [0.25, 0.3) is 0 Å². The third-order valence-corrected chi connectivity index (χ3v) is 4.27. The molecule has 0 aromatic carbocycles. The number of hydrogen-bond acceptors (Lipinski definition) is 5. The van der Waals surface area contributed by atoms with E-state index in [-0.39, 0.29) is 36.5 Å². The number of pyridine rings is 2. The topological polar surface area (TPSA) is 81.2 Å². The van der Waals surface area contributed by atoms with Crippen LogP contribution in [0.15, 0.2) is 30.6 Å². The molecule has 9 heteroatoms. The number of aryl methyl sites for hydroxylation is 1. The van der Waals surface area contributed by atoms with Crippen LogP contribution >= 0.6 is 0 Å². The largest absolute Gasteiger partial charge is 0.468 e. The fourth-order valence-corrected chi connectivity index (χ4v) is 2.56. The highest BCUT2D eigenvalue weighted by Gasteiger charge is 2.29. The van der Waals surface area contributed by atoms with Crippen molar-refractivity contribution in [1.29, 1.82) is 0 Å². The van der Waals surface area contributed by atoms with Crippen molar-refractivity contribution in [2.24, 2.45) is 5.92 Å². The molecule has 0 fully saturated rings. The minimum Gasteiger partial charge on any atom is -0.468 e. The Kier molecular flexibility index (Phi) is 7.91. The van der Waals surface area contributed by atoms with E-state index in [4.69, 9.17) is 4.74 Å². The van der Waals surface area contributed by atoms with Crippen LogP contribution in [0.2, 0.25) is 0 Å². The van der Waals surface area contributed by atoms with E-state index in [2.05, 4.69) is 15.3 Å². The van der Waals surface area contributed by atoms with Crippen LogP contribution in [0.3, 0.4) is 0 Å². The zero-order valence-electron chi connectivity index (χ0n) is 17.0. The van der Waals surface area contributed by atoms with Crippen LogP contribution < -0.4 is 10.1 Å². The second-order valence-electron chi connectivity index (χ2n) is 7.08. The van der Waals surface area contributed by atoms with Crippen molar-refractivity contribution in [2.45, 2.75) is 46.3 Å². The Balaban J connectivity index is 2.01. The molecular formula is C21H24F3N3O3. The van der Waals surface area contributed by atoms with E-state index in [0.29, 0.717) is 28.8 Å². The monoisotopic (exact) mass is 423 g/mol. The Bertz CT molecular complexity index is 899. The molecule has 0 radical (unpaired) electrons. The fraction of sp³-hybridized carbons (Fsp3) is 0.429. The quantitative estimate of drug-likeness (QED) is 0.666. The van der Waals surface area contributed by atoms with Crippen molar-refractivity contribution in [2.75, 3.05) is 6.61 Å². The predicted molar refractivity (Wildman–Crippen MR) is 104 cm³/mol. The van der Waals surface area contributed by atoms with E-state index < -0.39 is 12.8 Å². The summed E-state index contributed by atoms with van der Waals surface area (Å²) in [5.41, 5.74) is 2.03. The molecule has 0 bridgehead atoms. The van der Waals surface area contributed by atoms with E-state index >= 15 is 0 Å². The molecule has 2 aromatic rings. The third kappa shape index (κ3) is 7.13. The molecule has 30 heavy (non-hydrogen) atoms. The maximum atomic E-state index is 12.4. The first-order valence-corrected chi connectivity index (χ1v) is 9.52. The van der Waals surface area contributed by atoms with Gasteiger partial charge in [0.05, 0.1) is 0 Å². The SMILES string of the molecule is CCc1cc(CNC(=O)c2ccnc(CC(=O)C(C)C)c2)cnc1OCC(F)(F)F. The second-order valence-corrected chi connectivity index (χ2v) is 7.08. The fourth-order valence-electron chi connectivity index (χ4n) is 2.56. The van der Waals surface area contributed by atoms with Gasteiger partial charge in [-0.15, -0.1) is 0 Å². The number of nitrogens with one attached hydrogen (secondary N) is 1. The summed E-state index contributed by atoms with van der Waals surface area (Å²) < 4.78 is 41.8. The lowest BCUT2D eigenvalue weighted by atomic mass is 10.0. The molecule has 1 N–H and O–H groups in total. The van der Waals surface area contributed by atoms with Crippen LogP contribution in [-0.4, -0.2) is 34.4 Å². The average molecular weight is 423 g/mol. The molecular weight excluding hydrogens is 399 g/mol. The van der Waals surface area contributed by atoms with Crippen molar-refractivity contribution in [3.8, 4) is 5.88 Å².